The van der Waals surface area contributed by atoms with Crippen LogP contribution in [-0.4, -0.2) is 18.7 Å². The maximum atomic E-state index is 10.4. The number of carbonyl (C=O) groups is 1. The Balaban J connectivity index is 2.29. The molecule has 0 aromatic heterocycles. The molecule has 50 valence electrons. The Labute approximate surface area is 53.7 Å². The van der Waals surface area contributed by atoms with Crippen LogP contribution in [-0.2, 0) is 9.53 Å². The van der Waals surface area contributed by atoms with Crippen LogP contribution in [0.4, 0.5) is 0 Å². The highest BCUT2D eigenvalue weighted by molar-refractivity contribution is 5.73. The van der Waals surface area contributed by atoms with Gasteiger partial charge in [0.15, 0.2) is 6.23 Å². The molecular weight excluding hydrogens is 118 g/mol. The van der Waals surface area contributed by atoms with Gasteiger partial charge in [-0.15, -0.1) is 6.58 Å². The van der Waals surface area contributed by atoms with Gasteiger partial charge in [0.25, 0.3) is 0 Å². The minimum Gasteiger partial charge on any atom is -0.445 e. The van der Waals surface area contributed by atoms with Crippen molar-refractivity contribution in [2.24, 2.45) is 0 Å². The Hall–Kier alpha value is -0.830. The molecule has 0 amide bonds. The van der Waals surface area contributed by atoms with Crippen LogP contribution in [0.1, 0.15) is 6.42 Å². The zero-order valence-corrected chi connectivity index (χ0v) is 5.09. The summed E-state index contributed by atoms with van der Waals surface area (Å²) in [7, 11) is 0. The second-order valence-electron chi connectivity index (χ2n) is 1.88. The Bertz CT molecular complexity index is 133. The predicted octanol–water partition coefficient (Wildman–Crippen LogP) is 0.0350. The van der Waals surface area contributed by atoms with E-state index in [1.807, 2.05) is 0 Å². The summed E-state index contributed by atoms with van der Waals surface area (Å²) in [6, 6.07) is 0. The van der Waals surface area contributed by atoms with Crippen molar-refractivity contribution in [3.63, 3.8) is 0 Å². The van der Waals surface area contributed by atoms with Gasteiger partial charge < -0.3 is 4.74 Å². The van der Waals surface area contributed by atoms with Gasteiger partial charge in [-0.2, -0.15) is 0 Å². The number of hydrogen-bond acceptors (Lipinski definition) is 3. The Morgan fingerprint density at radius 3 is 3.22 bits per heavy atom. The highest BCUT2D eigenvalue weighted by atomic mass is 16.6. The van der Waals surface area contributed by atoms with Crippen molar-refractivity contribution in [1.29, 1.82) is 0 Å². The number of hydrogen-bond donors (Lipinski definition) is 1. The summed E-state index contributed by atoms with van der Waals surface area (Å²) < 4.78 is 4.78. The average molecular weight is 127 g/mol. The topological polar surface area (TPSA) is 38.3 Å². The SMILES string of the molecule is C=CCC1NCC(=O)O1. The summed E-state index contributed by atoms with van der Waals surface area (Å²) in [5.41, 5.74) is 0. The first-order chi connectivity index (χ1) is 4.33. The standard InChI is InChI=1S/C6H9NO2/c1-2-3-5-7-4-6(8)9-5/h2,5,7H,1,3-4H2. The fraction of sp³-hybridized carbons (Fsp3) is 0.500. The molecule has 1 aliphatic rings. The van der Waals surface area contributed by atoms with E-state index in [0.717, 1.165) is 0 Å². The lowest BCUT2D eigenvalue weighted by atomic mass is 10.4. The first-order valence-electron chi connectivity index (χ1n) is 2.86. The summed E-state index contributed by atoms with van der Waals surface area (Å²) in [5, 5.41) is 2.86. The van der Waals surface area contributed by atoms with E-state index in [1.54, 1.807) is 6.08 Å². The predicted molar refractivity (Wildman–Crippen MR) is 32.7 cm³/mol. The van der Waals surface area contributed by atoms with Gasteiger partial charge in [-0.05, 0) is 0 Å². The third-order valence-electron chi connectivity index (χ3n) is 1.13. The Morgan fingerprint density at radius 1 is 2.00 bits per heavy atom. The molecule has 0 spiro atoms. The van der Waals surface area contributed by atoms with Crippen molar-refractivity contribution in [1.82, 2.24) is 5.32 Å². The maximum Gasteiger partial charge on any atom is 0.321 e. The smallest absolute Gasteiger partial charge is 0.321 e. The van der Waals surface area contributed by atoms with Crippen LogP contribution in [0.3, 0.4) is 0 Å². The summed E-state index contributed by atoms with van der Waals surface area (Å²) in [5.74, 6) is -0.179. The highest BCUT2D eigenvalue weighted by Gasteiger charge is 2.19. The molecular formula is C6H9NO2. The number of rotatable bonds is 2. The summed E-state index contributed by atoms with van der Waals surface area (Å²) in [6.07, 6.45) is 2.28. The molecule has 1 rings (SSSR count). The quantitative estimate of drug-likeness (QED) is 0.420. The van der Waals surface area contributed by atoms with Crippen molar-refractivity contribution in [2.45, 2.75) is 12.6 Å². The van der Waals surface area contributed by atoms with E-state index in [-0.39, 0.29) is 12.2 Å². The molecule has 0 radical (unpaired) electrons. The molecule has 1 unspecified atom stereocenters. The normalized spacial score (nSPS) is 25.8. The van der Waals surface area contributed by atoms with Gasteiger partial charge >= 0.3 is 5.97 Å². The van der Waals surface area contributed by atoms with E-state index in [4.69, 9.17) is 4.74 Å². The molecule has 3 nitrogen and oxygen atoms in total. The van der Waals surface area contributed by atoms with E-state index in [2.05, 4.69) is 11.9 Å². The second-order valence-corrected chi connectivity index (χ2v) is 1.88. The summed E-state index contributed by atoms with van der Waals surface area (Å²) >= 11 is 0. The molecule has 1 aliphatic heterocycles. The van der Waals surface area contributed by atoms with E-state index in [1.165, 1.54) is 0 Å². The molecule has 1 heterocycles. The third kappa shape index (κ3) is 1.54. The zero-order chi connectivity index (χ0) is 6.69. The van der Waals surface area contributed by atoms with Gasteiger partial charge in [0, 0.05) is 6.42 Å². The number of ether oxygens (including phenoxy) is 1. The number of esters is 1. The molecule has 0 aromatic carbocycles. The average Bonchev–Trinajstić information content (AvgIpc) is 2.17. The Morgan fingerprint density at radius 2 is 2.78 bits per heavy atom. The van der Waals surface area contributed by atoms with Gasteiger partial charge in [-0.3, -0.25) is 10.1 Å². The lowest BCUT2D eigenvalue weighted by molar-refractivity contribution is -0.140. The molecule has 0 aromatic rings. The van der Waals surface area contributed by atoms with Crippen LogP contribution in [0.2, 0.25) is 0 Å². The second kappa shape index (κ2) is 2.64. The van der Waals surface area contributed by atoms with Gasteiger partial charge in [-0.1, -0.05) is 6.08 Å². The van der Waals surface area contributed by atoms with Gasteiger partial charge in [-0.25, -0.2) is 0 Å². The molecule has 0 aliphatic carbocycles. The summed E-state index contributed by atoms with van der Waals surface area (Å²) in [4.78, 5) is 10.4. The highest BCUT2D eigenvalue weighted by Crippen LogP contribution is 2.00. The fourth-order valence-corrected chi connectivity index (χ4v) is 0.722. The first-order valence-corrected chi connectivity index (χ1v) is 2.86. The lowest BCUT2D eigenvalue weighted by Crippen LogP contribution is -2.21. The minimum atomic E-state index is -0.179. The molecule has 1 atom stereocenters. The molecule has 9 heavy (non-hydrogen) atoms. The van der Waals surface area contributed by atoms with Crippen LogP contribution in [0.15, 0.2) is 12.7 Å². The fourth-order valence-electron chi connectivity index (χ4n) is 0.722. The van der Waals surface area contributed by atoms with Crippen LogP contribution < -0.4 is 5.32 Å². The van der Waals surface area contributed by atoms with E-state index >= 15 is 0 Å². The molecule has 0 saturated carbocycles. The van der Waals surface area contributed by atoms with E-state index < -0.39 is 0 Å². The van der Waals surface area contributed by atoms with Crippen molar-refractivity contribution in [2.75, 3.05) is 6.54 Å². The van der Waals surface area contributed by atoms with Gasteiger partial charge in [0.1, 0.15) is 0 Å². The number of nitrogens with one attached hydrogen (secondary N) is 1. The lowest BCUT2D eigenvalue weighted by Gasteiger charge is -2.03. The third-order valence-corrected chi connectivity index (χ3v) is 1.13. The molecule has 0 bridgehead atoms. The molecule has 1 saturated heterocycles. The van der Waals surface area contributed by atoms with Crippen LogP contribution in [0.25, 0.3) is 0 Å². The van der Waals surface area contributed by atoms with Crippen LogP contribution in [0.5, 0.6) is 0 Å². The van der Waals surface area contributed by atoms with Crippen molar-refractivity contribution in [3.8, 4) is 0 Å². The van der Waals surface area contributed by atoms with Gasteiger partial charge in [0.2, 0.25) is 0 Å². The van der Waals surface area contributed by atoms with E-state index in [0.29, 0.717) is 13.0 Å². The monoisotopic (exact) mass is 127 g/mol. The van der Waals surface area contributed by atoms with Crippen molar-refractivity contribution >= 4 is 5.97 Å². The molecule has 3 heteroatoms. The summed E-state index contributed by atoms with van der Waals surface area (Å²) in [6.45, 7) is 3.85. The Kier molecular flexibility index (Phi) is 1.85. The van der Waals surface area contributed by atoms with Crippen LogP contribution >= 0.6 is 0 Å². The zero-order valence-electron chi connectivity index (χ0n) is 5.09. The molecule has 1 N–H and O–H groups in total. The van der Waals surface area contributed by atoms with E-state index in [9.17, 15) is 4.79 Å². The number of carbonyl (C=O) groups excluding carboxylic acids is 1. The number of cyclic esters (lactones) is 1. The first kappa shape index (κ1) is 6.29. The van der Waals surface area contributed by atoms with Crippen LogP contribution in [0, 0.1) is 0 Å². The minimum absolute atomic E-state index is 0.130. The van der Waals surface area contributed by atoms with Gasteiger partial charge in [0.05, 0.1) is 6.54 Å². The molecule has 1 fully saturated rings. The maximum absolute atomic E-state index is 10.4. The van der Waals surface area contributed by atoms with Crippen molar-refractivity contribution < 1.29 is 9.53 Å². The largest absolute Gasteiger partial charge is 0.445 e. The van der Waals surface area contributed by atoms with Crippen molar-refractivity contribution in [3.05, 3.63) is 12.7 Å².